The van der Waals surface area contributed by atoms with Crippen LogP contribution in [0.4, 0.5) is 0 Å². The van der Waals surface area contributed by atoms with Crippen LogP contribution in [0.2, 0.25) is 0 Å². The topological polar surface area (TPSA) is 20.3 Å². The highest BCUT2D eigenvalue weighted by molar-refractivity contribution is 5.79. The summed E-state index contributed by atoms with van der Waals surface area (Å²) in [4.78, 5) is 13.3. The van der Waals surface area contributed by atoms with Gasteiger partial charge in [0.15, 0.2) is 0 Å². The summed E-state index contributed by atoms with van der Waals surface area (Å²) in [5.74, 6) is 1.19. The van der Waals surface area contributed by atoms with E-state index in [1.54, 1.807) is 0 Å². The van der Waals surface area contributed by atoms with Gasteiger partial charge in [-0.25, -0.2) is 0 Å². The van der Waals surface area contributed by atoms with Gasteiger partial charge in [0.25, 0.3) is 0 Å². The lowest BCUT2D eigenvalue weighted by Crippen LogP contribution is -2.27. The molecule has 0 aromatic rings. The molecule has 2 atom stereocenters. The van der Waals surface area contributed by atoms with E-state index in [9.17, 15) is 4.79 Å². The van der Waals surface area contributed by atoms with Crippen molar-refractivity contribution in [2.45, 2.75) is 38.6 Å². The van der Waals surface area contributed by atoms with Crippen LogP contribution in [0.5, 0.6) is 0 Å². The van der Waals surface area contributed by atoms with Gasteiger partial charge in [-0.1, -0.05) is 13.3 Å². The average Bonchev–Trinajstić information content (AvgIpc) is 2.53. The van der Waals surface area contributed by atoms with Gasteiger partial charge < -0.3 is 4.90 Å². The van der Waals surface area contributed by atoms with Crippen molar-refractivity contribution in [3.05, 3.63) is 0 Å². The summed E-state index contributed by atoms with van der Waals surface area (Å²) in [6.45, 7) is 3.26. The zero-order chi connectivity index (χ0) is 7.84. The molecule has 2 saturated heterocycles. The van der Waals surface area contributed by atoms with Crippen LogP contribution in [0.25, 0.3) is 0 Å². The van der Waals surface area contributed by atoms with Crippen molar-refractivity contribution in [2.75, 3.05) is 6.54 Å². The predicted octanol–water partition coefficient (Wildman–Crippen LogP) is 1.41. The molecule has 2 nitrogen and oxygen atoms in total. The van der Waals surface area contributed by atoms with Gasteiger partial charge in [0.1, 0.15) is 0 Å². The summed E-state index contributed by atoms with van der Waals surface area (Å²) in [7, 11) is 0. The lowest BCUT2D eigenvalue weighted by Gasteiger charge is -2.13. The third-order valence-corrected chi connectivity index (χ3v) is 3.09. The van der Waals surface area contributed by atoms with Gasteiger partial charge in [-0.3, -0.25) is 4.79 Å². The normalized spacial score (nSPS) is 36.5. The van der Waals surface area contributed by atoms with E-state index in [1.165, 1.54) is 12.8 Å². The Morgan fingerprint density at radius 3 is 3.09 bits per heavy atom. The minimum absolute atomic E-state index is 0.394. The average molecular weight is 153 g/mol. The summed E-state index contributed by atoms with van der Waals surface area (Å²) in [6.07, 6.45) is 4.43. The first-order valence-electron chi connectivity index (χ1n) is 4.60. The Morgan fingerprint density at radius 2 is 2.45 bits per heavy atom. The molecule has 0 radical (unpaired) electrons. The van der Waals surface area contributed by atoms with E-state index >= 15 is 0 Å². The molecule has 2 unspecified atom stereocenters. The van der Waals surface area contributed by atoms with E-state index in [1.807, 2.05) is 0 Å². The quantitative estimate of drug-likeness (QED) is 0.557. The van der Waals surface area contributed by atoms with Gasteiger partial charge >= 0.3 is 0 Å². The van der Waals surface area contributed by atoms with Crippen molar-refractivity contribution >= 4 is 5.91 Å². The van der Waals surface area contributed by atoms with Crippen LogP contribution in [0.1, 0.15) is 32.6 Å². The van der Waals surface area contributed by atoms with Crippen molar-refractivity contribution in [3.8, 4) is 0 Å². The first kappa shape index (κ1) is 7.14. The fourth-order valence-corrected chi connectivity index (χ4v) is 2.32. The molecule has 2 heteroatoms. The highest BCUT2D eigenvalue weighted by atomic mass is 16.2. The molecular formula is C9H15NO. The first-order valence-corrected chi connectivity index (χ1v) is 4.60. The standard InChI is InChI=1S/C9H15NO/c1-2-7-5-8-3-4-9(11)10(8)6-7/h7-8H,2-6H2,1H3. The van der Waals surface area contributed by atoms with E-state index in [2.05, 4.69) is 11.8 Å². The second kappa shape index (κ2) is 2.50. The van der Waals surface area contributed by atoms with Crippen molar-refractivity contribution in [1.29, 1.82) is 0 Å². The van der Waals surface area contributed by atoms with Crippen LogP contribution in [0, 0.1) is 5.92 Å². The number of carbonyl (C=O) groups is 1. The summed E-state index contributed by atoms with van der Waals surface area (Å²) >= 11 is 0. The third-order valence-electron chi connectivity index (χ3n) is 3.09. The first-order chi connectivity index (χ1) is 5.31. The fourth-order valence-electron chi connectivity index (χ4n) is 2.32. The van der Waals surface area contributed by atoms with Crippen molar-refractivity contribution < 1.29 is 4.79 Å². The van der Waals surface area contributed by atoms with Crippen LogP contribution in [0.15, 0.2) is 0 Å². The largest absolute Gasteiger partial charge is 0.339 e. The summed E-state index contributed by atoms with van der Waals surface area (Å²) in [5, 5.41) is 0. The maximum absolute atomic E-state index is 11.2. The predicted molar refractivity (Wildman–Crippen MR) is 43.1 cm³/mol. The molecule has 2 fully saturated rings. The third kappa shape index (κ3) is 1.05. The maximum Gasteiger partial charge on any atom is 0.222 e. The Balaban J connectivity index is 2.04. The van der Waals surface area contributed by atoms with E-state index < -0.39 is 0 Å². The monoisotopic (exact) mass is 153 g/mol. The minimum atomic E-state index is 0.394. The molecule has 1 amide bonds. The number of hydrogen-bond donors (Lipinski definition) is 0. The zero-order valence-corrected chi connectivity index (χ0v) is 7.05. The molecular weight excluding hydrogens is 138 g/mol. The van der Waals surface area contributed by atoms with Gasteiger partial charge in [0.05, 0.1) is 0 Å². The molecule has 2 rings (SSSR count). The summed E-state index contributed by atoms with van der Waals surface area (Å²) < 4.78 is 0. The molecule has 2 aliphatic rings. The number of nitrogens with zero attached hydrogens (tertiary/aromatic N) is 1. The van der Waals surface area contributed by atoms with E-state index in [0.29, 0.717) is 11.9 Å². The second-order valence-corrected chi connectivity index (χ2v) is 3.75. The van der Waals surface area contributed by atoms with Crippen LogP contribution >= 0.6 is 0 Å². The summed E-state index contributed by atoms with van der Waals surface area (Å²) in [5.41, 5.74) is 0. The lowest BCUT2D eigenvalue weighted by atomic mass is 10.0. The van der Waals surface area contributed by atoms with Crippen LogP contribution in [-0.2, 0) is 4.79 Å². The SMILES string of the molecule is CCC1CC2CCC(=O)N2C1. The molecule has 0 bridgehead atoms. The van der Waals surface area contributed by atoms with Crippen molar-refractivity contribution in [2.24, 2.45) is 5.92 Å². The maximum atomic E-state index is 11.2. The second-order valence-electron chi connectivity index (χ2n) is 3.75. The van der Waals surface area contributed by atoms with Crippen molar-refractivity contribution in [3.63, 3.8) is 0 Å². The summed E-state index contributed by atoms with van der Waals surface area (Å²) in [6, 6.07) is 0.618. The van der Waals surface area contributed by atoms with Crippen LogP contribution < -0.4 is 0 Å². The lowest BCUT2D eigenvalue weighted by molar-refractivity contribution is -0.128. The molecule has 2 aliphatic heterocycles. The van der Waals surface area contributed by atoms with Gasteiger partial charge in [-0.15, -0.1) is 0 Å². The highest BCUT2D eigenvalue weighted by Gasteiger charge is 2.38. The molecule has 0 aromatic carbocycles. The zero-order valence-electron chi connectivity index (χ0n) is 7.05. The number of carbonyl (C=O) groups excluding carboxylic acids is 1. The van der Waals surface area contributed by atoms with Gasteiger partial charge in [0, 0.05) is 19.0 Å². The van der Waals surface area contributed by atoms with Crippen LogP contribution in [-0.4, -0.2) is 23.4 Å². The van der Waals surface area contributed by atoms with Gasteiger partial charge in [-0.2, -0.15) is 0 Å². The number of amides is 1. The Labute approximate surface area is 67.6 Å². The van der Waals surface area contributed by atoms with E-state index in [-0.39, 0.29) is 0 Å². The molecule has 0 N–H and O–H groups in total. The molecule has 11 heavy (non-hydrogen) atoms. The molecule has 0 aliphatic carbocycles. The Kier molecular flexibility index (Phi) is 1.63. The Hall–Kier alpha value is -0.530. The highest BCUT2D eigenvalue weighted by Crippen LogP contribution is 2.33. The molecule has 0 saturated carbocycles. The molecule has 0 spiro atoms. The number of hydrogen-bond acceptors (Lipinski definition) is 1. The minimum Gasteiger partial charge on any atom is -0.339 e. The smallest absolute Gasteiger partial charge is 0.222 e. The van der Waals surface area contributed by atoms with Gasteiger partial charge in [-0.05, 0) is 18.8 Å². The Bertz CT molecular complexity index is 178. The molecule has 62 valence electrons. The van der Waals surface area contributed by atoms with Crippen molar-refractivity contribution in [1.82, 2.24) is 4.90 Å². The number of fused-ring (bicyclic) bond motifs is 1. The Morgan fingerprint density at radius 1 is 1.64 bits per heavy atom. The van der Waals surface area contributed by atoms with E-state index in [0.717, 1.165) is 25.3 Å². The molecule has 0 aromatic heterocycles. The van der Waals surface area contributed by atoms with E-state index in [4.69, 9.17) is 0 Å². The fraction of sp³-hybridized carbons (Fsp3) is 0.889. The molecule has 2 heterocycles. The number of rotatable bonds is 1. The van der Waals surface area contributed by atoms with Crippen LogP contribution in [0.3, 0.4) is 0 Å². The van der Waals surface area contributed by atoms with Gasteiger partial charge in [0.2, 0.25) is 5.91 Å².